The SMILES string of the molecule is C1=CC2=C(c3ccccc3)C=CC3=CC=C4C(c5ccc(-c6ccc7ccc8c(-c9ccccc9)ccc9ccc6c7c98)cc5)=CC=C1C4C32. The van der Waals surface area contributed by atoms with Crippen molar-refractivity contribution in [2.45, 2.75) is 0 Å². The Balaban J connectivity index is 0.992. The zero-order valence-electron chi connectivity index (χ0n) is 27.5. The summed E-state index contributed by atoms with van der Waals surface area (Å²) in [6, 6.07) is 49.3. The molecule has 0 spiro atoms. The van der Waals surface area contributed by atoms with Gasteiger partial charge in [0, 0.05) is 11.8 Å². The van der Waals surface area contributed by atoms with Crippen LogP contribution in [0.3, 0.4) is 0 Å². The minimum absolute atomic E-state index is 0.330. The van der Waals surface area contributed by atoms with Gasteiger partial charge >= 0.3 is 0 Å². The standard InChI is InChI=1S/C50H32/c1-3-7-31(8-4-1)39-23-15-35-21-29-45-41(25-17-37-19-27-43(39)47(35)49(37)45)33-11-13-34(14-12-33)42-26-18-38-20-28-44-40(32-9-5-2-6-10-32)24-16-36-22-30-46(42)50(38)48(36)44/h1-30,47,49H. The second-order valence-electron chi connectivity index (χ2n) is 14.0. The molecule has 0 heterocycles. The van der Waals surface area contributed by atoms with Crippen molar-refractivity contribution in [2.24, 2.45) is 11.8 Å². The Morgan fingerprint density at radius 1 is 0.360 bits per heavy atom. The lowest BCUT2D eigenvalue weighted by atomic mass is 9.61. The molecule has 50 heavy (non-hydrogen) atoms. The van der Waals surface area contributed by atoms with E-state index in [9.17, 15) is 0 Å². The maximum absolute atomic E-state index is 2.38. The molecule has 0 aliphatic heterocycles. The van der Waals surface area contributed by atoms with E-state index in [0.717, 1.165) is 0 Å². The van der Waals surface area contributed by atoms with Gasteiger partial charge in [0.2, 0.25) is 0 Å². The van der Waals surface area contributed by atoms with E-state index < -0.39 is 0 Å². The Labute approximate surface area is 292 Å². The lowest BCUT2D eigenvalue weighted by Crippen LogP contribution is -2.30. The Morgan fingerprint density at radius 3 is 1.58 bits per heavy atom. The minimum atomic E-state index is 0.330. The van der Waals surface area contributed by atoms with Crippen LogP contribution in [0.15, 0.2) is 204 Å². The van der Waals surface area contributed by atoms with Crippen molar-refractivity contribution in [1.29, 1.82) is 0 Å². The summed E-state index contributed by atoms with van der Waals surface area (Å²) >= 11 is 0. The van der Waals surface area contributed by atoms with Crippen LogP contribution in [-0.2, 0) is 0 Å². The molecule has 0 nitrogen and oxygen atoms in total. The van der Waals surface area contributed by atoms with Crippen LogP contribution in [-0.4, -0.2) is 0 Å². The third-order valence-electron chi connectivity index (χ3n) is 11.5. The third-order valence-corrected chi connectivity index (χ3v) is 11.5. The Morgan fingerprint density at radius 2 is 0.900 bits per heavy atom. The van der Waals surface area contributed by atoms with Gasteiger partial charge in [-0.15, -0.1) is 0 Å². The quantitative estimate of drug-likeness (QED) is 0.169. The van der Waals surface area contributed by atoms with Crippen molar-refractivity contribution in [3.63, 3.8) is 0 Å². The molecule has 7 aromatic carbocycles. The lowest BCUT2D eigenvalue weighted by molar-refractivity contribution is 0.569. The molecule has 0 saturated heterocycles. The predicted octanol–water partition coefficient (Wildman–Crippen LogP) is 12.9. The van der Waals surface area contributed by atoms with Gasteiger partial charge in [0.25, 0.3) is 0 Å². The predicted molar refractivity (Wildman–Crippen MR) is 212 cm³/mol. The molecule has 0 bridgehead atoms. The molecule has 232 valence electrons. The first-order chi connectivity index (χ1) is 24.8. The molecule has 11 rings (SSSR count). The van der Waals surface area contributed by atoms with Crippen LogP contribution in [0, 0.1) is 11.8 Å². The topological polar surface area (TPSA) is 0 Å². The highest BCUT2D eigenvalue weighted by molar-refractivity contribution is 6.27. The summed E-state index contributed by atoms with van der Waals surface area (Å²) in [4.78, 5) is 0. The summed E-state index contributed by atoms with van der Waals surface area (Å²) in [7, 11) is 0. The lowest BCUT2D eigenvalue weighted by Gasteiger charge is -2.42. The van der Waals surface area contributed by atoms with Crippen LogP contribution in [0.5, 0.6) is 0 Å². The van der Waals surface area contributed by atoms with E-state index in [-0.39, 0.29) is 0 Å². The van der Waals surface area contributed by atoms with E-state index in [1.807, 2.05) is 0 Å². The zero-order chi connectivity index (χ0) is 32.8. The zero-order valence-corrected chi connectivity index (χ0v) is 27.5. The van der Waals surface area contributed by atoms with Crippen LogP contribution < -0.4 is 0 Å². The fourth-order valence-electron chi connectivity index (χ4n) is 9.17. The molecule has 0 amide bonds. The van der Waals surface area contributed by atoms with E-state index in [1.54, 1.807) is 0 Å². The molecule has 7 aromatic rings. The molecule has 4 aliphatic rings. The number of hydrogen-bond donors (Lipinski definition) is 0. The first-order valence-electron chi connectivity index (χ1n) is 17.7. The minimum Gasteiger partial charge on any atom is -0.0622 e. The maximum Gasteiger partial charge on any atom is 0.0205 e. The normalized spacial score (nSPS) is 19.0. The molecule has 0 N–H and O–H groups in total. The molecule has 0 heteroatoms. The van der Waals surface area contributed by atoms with E-state index >= 15 is 0 Å². The van der Waals surface area contributed by atoms with Gasteiger partial charge in [-0.05, 0) is 99.1 Å². The first-order valence-corrected chi connectivity index (χ1v) is 17.7. The fraction of sp³-hybridized carbons (Fsp3) is 0.0400. The Bertz CT molecular complexity index is 2760. The smallest absolute Gasteiger partial charge is 0.0205 e. The van der Waals surface area contributed by atoms with Crippen molar-refractivity contribution in [3.05, 3.63) is 215 Å². The number of benzene rings is 7. The molecule has 0 radical (unpaired) electrons. The van der Waals surface area contributed by atoms with Crippen molar-refractivity contribution in [3.8, 4) is 22.3 Å². The van der Waals surface area contributed by atoms with Crippen LogP contribution >= 0.6 is 0 Å². The van der Waals surface area contributed by atoms with Gasteiger partial charge in [0.05, 0.1) is 0 Å². The van der Waals surface area contributed by atoms with Gasteiger partial charge in [-0.2, -0.15) is 0 Å². The fourth-order valence-corrected chi connectivity index (χ4v) is 9.17. The van der Waals surface area contributed by atoms with Crippen LogP contribution in [0.2, 0.25) is 0 Å². The second-order valence-corrected chi connectivity index (χ2v) is 14.0. The van der Waals surface area contributed by atoms with Crippen molar-refractivity contribution >= 4 is 43.5 Å². The van der Waals surface area contributed by atoms with E-state index in [0.29, 0.717) is 11.8 Å². The van der Waals surface area contributed by atoms with Gasteiger partial charge in [-0.1, -0.05) is 182 Å². The number of rotatable bonds is 4. The highest BCUT2D eigenvalue weighted by atomic mass is 14.4. The van der Waals surface area contributed by atoms with Crippen molar-refractivity contribution < 1.29 is 0 Å². The van der Waals surface area contributed by atoms with Gasteiger partial charge in [-0.3, -0.25) is 0 Å². The largest absolute Gasteiger partial charge is 0.0622 e. The van der Waals surface area contributed by atoms with Gasteiger partial charge in [0.1, 0.15) is 0 Å². The van der Waals surface area contributed by atoms with E-state index in [2.05, 4.69) is 182 Å². The molecular weight excluding hydrogens is 601 g/mol. The summed E-state index contributed by atoms with van der Waals surface area (Å²) in [6.07, 6.45) is 18.8. The summed E-state index contributed by atoms with van der Waals surface area (Å²) in [6.45, 7) is 0. The average Bonchev–Trinajstić information content (AvgIpc) is 3.19. The molecule has 0 fully saturated rings. The highest BCUT2D eigenvalue weighted by Gasteiger charge is 2.40. The van der Waals surface area contributed by atoms with E-state index in [1.165, 1.54) is 99.1 Å². The summed E-state index contributed by atoms with van der Waals surface area (Å²) < 4.78 is 0. The molecule has 2 atom stereocenters. The molecule has 0 aromatic heterocycles. The summed E-state index contributed by atoms with van der Waals surface area (Å²) in [5, 5.41) is 7.91. The third kappa shape index (κ3) is 4.00. The summed E-state index contributed by atoms with van der Waals surface area (Å²) in [5.74, 6) is 0.672. The molecule has 4 aliphatic carbocycles. The van der Waals surface area contributed by atoms with Gasteiger partial charge < -0.3 is 0 Å². The van der Waals surface area contributed by atoms with Crippen LogP contribution in [0.4, 0.5) is 0 Å². The Kier molecular flexibility index (Phi) is 5.89. The molecule has 2 unspecified atom stereocenters. The van der Waals surface area contributed by atoms with Crippen LogP contribution in [0.25, 0.3) is 65.7 Å². The average molecular weight is 633 g/mol. The van der Waals surface area contributed by atoms with Gasteiger partial charge in [-0.25, -0.2) is 0 Å². The monoisotopic (exact) mass is 632 g/mol. The van der Waals surface area contributed by atoms with Crippen molar-refractivity contribution in [2.75, 3.05) is 0 Å². The molecule has 0 saturated carbocycles. The van der Waals surface area contributed by atoms with Gasteiger partial charge in [0.15, 0.2) is 0 Å². The number of hydrogen-bond acceptors (Lipinski definition) is 0. The van der Waals surface area contributed by atoms with E-state index in [4.69, 9.17) is 0 Å². The first kappa shape index (κ1) is 27.7. The van der Waals surface area contributed by atoms with Crippen LogP contribution in [0.1, 0.15) is 11.1 Å². The maximum atomic E-state index is 2.38. The highest BCUT2D eigenvalue weighted by Crippen LogP contribution is 2.54. The number of allylic oxidation sites excluding steroid dienone is 14. The Hall–Kier alpha value is -6.24. The molecular formula is C50H32. The van der Waals surface area contributed by atoms with Crippen molar-refractivity contribution in [1.82, 2.24) is 0 Å². The summed E-state index contributed by atoms with van der Waals surface area (Å²) in [5.41, 5.74) is 16.0. The second kappa shape index (κ2) is 10.6.